The Hall–Kier alpha value is -2.89. The topological polar surface area (TPSA) is 89.1 Å². The molecule has 0 aliphatic carbocycles. The summed E-state index contributed by atoms with van der Waals surface area (Å²) in [6.07, 6.45) is -0.644. The van der Waals surface area contributed by atoms with E-state index in [-0.39, 0.29) is 18.3 Å². The first-order chi connectivity index (χ1) is 13.3. The Morgan fingerprint density at radius 3 is 2.93 bits per heavy atom. The third-order valence-corrected chi connectivity index (χ3v) is 5.49. The molecule has 1 aliphatic rings. The fraction of sp³-hybridized carbons (Fsp3) is 0.375. The molecule has 1 aliphatic heterocycles. The molecular weight excluding hydrogens is 397 g/mol. The lowest BCUT2D eigenvalue weighted by Gasteiger charge is -2.27. The van der Waals surface area contributed by atoms with E-state index in [1.807, 2.05) is 0 Å². The van der Waals surface area contributed by atoms with Crippen LogP contribution in [0.4, 0.5) is 18.9 Å². The minimum atomic E-state index is -4.67. The molecule has 0 atom stereocenters. The Morgan fingerprint density at radius 1 is 1.43 bits per heavy atom. The number of hydrogen-bond acceptors (Lipinski definition) is 7. The number of nitrogens with one attached hydrogen (secondary N) is 1. The predicted molar refractivity (Wildman–Crippen MR) is 93.4 cm³/mol. The smallest absolute Gasteiger partial charge is 0.374 e. The third kappa shape index (κ3) is 3.72. The molecule has 0 fully saturated rings. The molecule has 148 valence electrons. The number of aromatic nitrogens is 4. The van der Waals surface area contributed by atoms with Gasteiger partial charge in [-0.15, -0.1) is 11.3 Å². The molecule has 1 amide bonds. The van der Waals surface area contributed by atoms with Crippen molar-refractivity contribution in [3.05, 3.63) is 34.8 Å². The van der Waals surface area contributed by atoms with Crippen molar-refractivity contribution in [1.82, 2.24) is 24.8 Å². The largest absolute Gasteiger partial charge is 0.471 e. The fourth-order valence-electron chi connectivity index (χ4n) is 2.90. The Bertz CT molecular complexity index is 1010. The van der Waals surface area contributed by atoms with Crippen molar-refractivity contribution in [3.8, 4) is 10.7 Å². The quantitative estimate of drug-likeness (QED) is 0.709. The van der Waals surface area contributed by atoms with E-state index in [1.165, 1.54) is 11.3 Å². The minimum Gasteiger partial charge on any atom is -0.374 e. The maximum atomic E-state index is 12.6. The summed E-state index contributed by atoms with van der Waals surface area (Å²) in [5.41, 5.74) is 1.64. The van der Waals surface area contributed by atoms with E-state index in [2.05, 4.69) is 25.1 Å². The second kappa shape index (κ2) is 6.93. The molecule has 1 N–H and O–H groups in total. The summed E-state index contributed by atoms with van der Waals surface area (Å²) in [5, 5.41) is 10.5. The maximum Gasteiger partial charge on any atom is 0.471 e. The average Bonchev–Trinajstić information content (AvgIpc) is 3.36. The standard InChI is InChI=1S/C16H15F3N6O2S/c1-24-8-10(5-21-24)20-6-13(26)25-3-2-11-9(7-25)4-12(28-11)14-22-15(27-23-14)16(17,18)19/h4-5,8,20H,2-3,6-7H2,1H3. The predicted octanol–water partition coefficient (Wildman–Crippen LogP) is 2.55. The molecule has 28 heavy (non-hydrogen) atoms. The zero-order valence-electron chi connectivity index (χ0n) is 14.7. The van der Waals surface area contributed by atoms with Gasteiger partial charge in [-0.1, -0.05) is 5.16 Å². The molecule has 4 heterocycles. The van der Waals surface area contributed by atoms with Crippen molar-refractivity contribution >= 4 is 22.9 Å². The molecule has 0 radical (unpaired) electrons. The molecule has 0 saturated heterocycles. The van der Waals surface area contributed by atoms with E-state index in [0.29, 0.717) is 24.4 Å². The number of anilines is 1. The number of hydrogen-bond donors (Lipinski definition) is 1. The number of carbonyl (C=O) groups is 1. The van der Waals surface area contributed by atoms with Gasteiger partial charge in [-0.2, -0.15) is 23.3 Å². The lowest BCUT2D eigenvalue weighted by atomic mass is 10.1. The van der Waals surface area contributed by atoms with Crippen LogP contribution in [0.5, 0.6) is 0 Å². The highest BCUT2D eigenvalue weighted by Crippen LogP contribution is 2.35. The Kier molecular flexibility index (Phi) is 4.57. The summed E-state index contributed by atoms with van der Waals surface area (Å²) < 4.78 is 43.8. The highest BCUT2D eigenvalue weighted by molar-refractivity contribution is 7.15. The molecule has 0 spiro atoms. The Morgan fingerprint density at radius 2 is 2.25 bits per heavy atom. The van der Waals surface area contributed by atoms with Crippen LogP contribution in [0.3, 0.4) is 0 Å². The van der Waals surface area contributed by atoms with E-state index in [9.17, 15) is 18.0 Å². The van der Waals surface area contributed by atoms with Crippen LogP contribution in [-0.4, -0.2) is 43.8 Å². The summed E-state index contributed by atoms with van der Waals surface area (Å²) in [5.74, 6) is -1.53. The van der Waals surface area contributed by atoms with Crippen LogP contribution in [0.2, 0.25) is 0 Å². The van der Waals surface area contributed by atoms with Crippen molar-refractivity contribution < 1.29 is 22.5 Å². The fourth-order valence-corrected chi connectivity index (χ4v) is 3.99. The van der Waals surface area contributed by atoms with Gasteiger partial charge in [0.1, 0.15) is 0 Å². The minimum absolute atomic E-state index is 0.0684. The Balaban J connectivity index is 1.43. The van der Waals surface area contributed by atoms with Crippen molar-refractivity contribution in [3.63, 3.8) is 0 Å². The summed E-state index contributed by atoms with van der Waals surface area (Å²) in [7, 11) is 1.79. The second-order valence-corrected chi connectivity index (χ2v) is 7.44. The normalized spacial score (nSPS) is 14.2. The molecule has 8 nitrogen and oxygen atoms in total. The van der Waals surface area contributed by atoms with Crippen LogP contribution in [0.25, 0.3) is 10.7 Å². The first-order valence-electron chi connectivity index (χ1n) is 8.33. The van der Waals surface area contributed by atoms with Gasteiger partial charge in [-0.05, 0) is 18.1 Å². The molecule has 4 rings (SSSR count). The zero-order valence-corrected chi connectivity index (χ0v) is 15.5. The van der Waals surface area contributed by atoms with E-state index in [4.69, 9.17) is 0 Å². The Labute approximate surface area is 160 Å². The van der Waals surface area contributed by atoms with Gasteiger partial charge in [-0.25, -0.2) is 0 Å². The van der Waals surface area contributed by atoms with Crippen LogP contribution in [0.1, 0.15) is 16.3 Å². The summed E-state index contributed by atoms with van der Waals surface area (Å²) >= 11 is 1.32. The number of fused-ring (bicyclic) bond motifs is 1. The molecule has 12 heteroatoms. The monoisotopic (exact) mass is 412 g/mol. The highest BCUT2D eigenvalue weighted by Gasteiger charge is 2.38. The molecule has 0 bridgehead atoms. The molecule has 0 saturated carbocycles. The van der Waals surface area contributed by atoms with Crippen molar-refractivity contribution in [2.75, 3.05) is 18.4 Å². The number of rotatable bonds is 4. The van der Waals surface area contributed by atoms with Gasteiger partial charge in [0, 0.05) is 31.2 Å². The SMILES string of the molecule is Cn1cc(NCC(=O)N2CCc3sc(-c4noc(C(F)(F)F)n4)cc3C2)cn1. The number of nitrogens with zero attached hydrogens (tertiary/aromatic N) is 5. The average molecular weight is 412 g/mol. The molecular formula is C16H15F3N6O2S. The van der Waals surface area contributed by atoms with E-state index in [0.717, 1.165) is 16.1 Å². The van der Waals surface area contributed by atoms with Crippen LogP contribution < -0.4 is 5.32 Å². The molecule has 0 unspecified atom stereocenters. The first kappa shape index (κ1) is 18.5. The van der Waals surface area contributed by atoms with Crippen LogP contribution >= 0.6 is 11.3 Å². The van der Waals surface area contributed by atoms with E-state index < -0.39 is 12.1 Å². The van der Waals surface area contributed by atoms with Crippen molar-refractivity contribution in [1.29, 1.82) is 0 Å². The number of amides is 1. The van der Waals surface area contributed by atoms with Gasteiger partial charge >= 0.3 is 12.1 Å². The summed E-state index contributed by atoms with van der Waals surface area (Å²) in [6.45, 7) is 1.07. The van der Waals surface area contributed by atoms with Gasteiger partial charge in [-0.3, -0.25) is 9.48 Å². The maximum absolute atomic E-state index is 12.6. The second-order valence-electron chi connectivity index (χ2n) is 6.30. The molecule has 3 aromatic heterocycles. The number of aryl methyl sites for hydroxylation is 1. The van der Waals surface area contributed by atoms with Gasteiger partial charge in [0.2, 0.25) is 11.7 Å². The lowest BCUT2D eigenvalue weighted by Crippen LogP contribution is -2.38. The number of thiophene rings is 1. The van der Waals surface area contributed by atoms with Crippen LogP contribution in [-0.2, 0) is 31.0 Å². The number of carbonyl (C=O) groups excluding carboxylic acids is 1. The van der Waals surface area contributed by atoms with Crippen molar-refractivity contribution in [2.24, 2.45) is 7.05 Å². The number of alkyl halides is 3. The zero-order chi connectivity index (χ0) is 19.9. The van der Waals surface area contributed by atoms with Crippen LogP contribution in [0, 0.1) is 0 Å². The van der Waals surface area contributed by atoms with E-state index >= 15 is 0 Å². The van der Waals surface area contributed by atoms with Gasteiger partial charge in [0.05, 0.1) is 23.3 Å². The molecule has 0 aromatic carbocycles. The van der Waals surface area contributed by atoms with Gasteiger partial charge in [0.15, 0.2) is 0 Å². The highest BCUT2D eigenvalue weighted by atomic mass is 32.1. The van der Waals surface area contributed by atoms with Gasteiger partial charge < -0.3 is 14.7 Å². The van der Waals surface area contributed by atoms with Gasteiger partial charge in [0.25, 0.3) is 0 Å². The van der Waals surface area contributed by atoms with Crippen molar-refractivity contribution in [2.45, 2.75) is 19.1 Å². The summed E-state index contributed by atoms with van der Waals surface area (Å²) in [6, 6.07) is 1.72. The number of halogens is 3. The summed E-state index contributed by atoms with van der Waals surface area (Å²) in [4.78, 5) is 19.1. The van der Waals surface area contributed by atoms with Crippen LogP contribution in [0.15, 0.2) is 23.0 Å². The third-order valence-electron chi connectivity index (χ3n) is 4.26. The van der Waals surface area contributed by atoms with E-state index in [1.54, 1.807) is 35.1 Å². The lowest BCUT2D eigenvalue weighted by molar-refractivity contribution is -0.159. The molecule has 3 aromatic rings. The first-order valence-corrected chi connectivity index (χ1v) is 9.14.